The summed E-state index contributed by atoms with van der Waals surface area (Å²) in [6, 6.07) is -0.183. The zero-order valence-electron chi connectivity index (χ0n) is 16.5. The van der Waals surface area contributed by atoms with Gasteiger partial charge in [0, 0.05) is 6.42 Å². The zero-order chi connectivity index (χ0) is 19.6. The highest BCUT2D eigenvalue weighted by Gasteiger charge is 2.27. The maximum absolute atomic E-state index is 12.5. The molecule has 0 aliphatic carbocycles. The van der Waals surface area contributed by atoms with E-state index in [1.165, 1.54) is 0 Å². The van der Waals surface area contributed by atoms with Crippen LogP contribution in [0, 0.1) is 5.92 Å². The molecule has 1 amide bonds. The molecule has 148 valence electrons. The third kappa shape index (κ3) is 9.59. The van der Waals surface area contributed by atoms with Crippen molar-refractivity contribution in [1.29, 1.82) is 0 Å². The number of esters is 2. The minimum Gasteiger partial charge on any atom is -0.463 e. The number of amides is 1. The first-order valence-electron chi connectivity index (χ1n) is 9.54. The lowest BCUT2D eigenvalue weighted by molar-refractivity contribution is -0.161. The van der Waals surface area contributed by atoms with Gasteiger partial charge in [-0.2, -0.15) is 0 Å². The molecule has 1 heterocycles. The Morgan fingerprint density at radius 2 is 2.04 bits per heavy atom. The van der Waals surface area contributed by atoms with Gasteiger partial charge in [0.15, 0.2) is 0 Å². The SMILES string of the molecule is CCCC[C@@H]1COC(=O)[C@H](CC(=O)OC(C)(C)C)C/C=C/CCC(=O)N1. The van der Waals surface area contributed by atoms with Crippen molar-refractivity contribution in [3.8, 4) is 0 Å². The highest BCUT2D eigenvalue weighted by atomic mass is 16.6. The second-order valence-electron chi connectivity index (χ2n) is 7.77. The molecule has 0 saturated carbocycles. The molecule has 0 unspecified atom stereocenters. The normalized spacial score (nSPS) is 23.8. The molecular weight excluding hydrogens is 334 g/mol. The van der Waals surface area contributed by atoms with Gasteiger partial charge in [0.2, 0.25) is 5.91 Å². The predicted molar refractivity (Wildman–Crippen MR) is 99.4 cm³/mol. The molecule has 0 bridgehead atoms. The van der Waals surface area contributed by atoms with Crippen LogP contribution in [0.15, 0.2) is 12.2 Å². The summed E-state index contributed by atoms with van der Waals surface area (Å²) in [7, 11) is 0. The summed E-state index contributed by atoms with van der Waals surface area (Å²) in [4.78, 5) is 36.5. The van der Waals surface area contributed by atoms with Crippen LogP contribution in [-0.2, 0) is 23.9 Å². The van der Waals surface area contributed by atoms with Crippen molar-refractivity contribution in [2.75, 3.05) is 6.61 Å². The summed E-state index contributed by atoms with van der Waals surface area (Å²) in [5.74, 6) is -1.42. The molecule has 1 aliphatic heterocycles. The van der Waals surface area contributed by atoms with Gasteiger partial charge < -0.3 is 14.8 Å². The second-order valence-corrected chi connectivity index (χ2v) is 7.77. The van der Waals surface area contributed by atoms with Crippen molar-refractivity contribution in [1.82, 2.24) is 5.32 Å². The lowest BCUT2D eigenvalue weighted by Crippen LogP contribution is -2.39. The minimum absolute atomic E-state index is 0.00751. The van der Waals surface area contributed by atoms with Crippen molar-refractivity contribution >= 4 is 17.8 Å². The van der Waals surface area contributed by atoms with Crippen LogP contribution in [0.4, 0.5) is 0 Å². The number of rotatable bonds is 5. The summed E-state index contributed by atoms with van der Waals surface area (Å²) >= 11 is 0. The molecule has 6 nitrogen and oxygen atoms in total. The molecule has 2 atom stereocenters. The fourth-order valence-corrected chi connectivity index (χ4v) is 2.69. The van der Waals surface area contributed by atoms with Gasteiger partial charge >= 0.3 is 11.9 Å². The van der Waals surface area contributed by atoms with E-state index in [1.54, 1.807) is 20.8 Å². The van der Waals surface area contributed by atoms with E-state index in [0.29, 0.717) is 19.3 Å². The van der Waals surface area contributed by atoms with Gasteiger partial charge in [-0.05, 0) is 40.0 Å². The quantitative estimate of drug-likeness (QED) is 0.596. The monoisotopic (exact) mass is 367 g/mol. The standard InChI is InChI=1S/C20H33NO5/c1-5-6-11-16-14-25-19(24)15(13-18(23)26-20(2,3)4)10-8-7-9-12-17(22)21-16/h7-8,15-16H,5-6,9-14H2,1-4H3,(H,21,22)/b8-7+/t15-,16+/m0/s1. The Morgan fingerprint density at radius 3 is 2.69 bits per heavy atom. The lowest BCUT2D eigenvalue weighted by Gasteiger charge is -2.23. The first-order chi connectivity index (χ1) is 12.2. The van der Waals surface area contributed by atoms with Gasteiger partial charge in [-0.15, -0.1) is 0 Å². The smallest absolute Gasteiger partial charge is 0.309 e. The molecule has 26 heavy (non-hydrogen) atoms. The predicted octanol–water partition coefficient (Wildman–Crippen LogP) is 3.29. The van der Waals surface area contributed by atoms with Gasteiger partial charge in [0.05, 0.1) is 18.4 Å². The summed E-state index contributed by atoms with van der Waals surface area (Å²) in [5, 5.41) is 2.94. The Labute approximate surface area is 156 Å². The van der Waals surface area contributed by atoms with Crippen molar-refractivity contribution in [2.45, 2.75) is 84.3 Å². The Balaban J connectivity index is 2.76. The molecule has 6 heteroatoms. The van der Waals surface area contributed by atoms with Crippen LogP contribution in [0.5, 0.6) is 0 Å². The van der Waals surface area contributed by atoms with E-state index in [1.807, 2.05) is 12.2 Å². The first-order valence-corrected chi connectivity index (χ1v) is 9.54. The maximum Gasteiger partial charge on any atom is 0.309 e. The molecule has 1 N–H and O–H groups in total. The van der Waals surface area contributed by atoms with Crippen molar-refractivity contribution in [2.24, 2.45) is 5.92 Å². The van der Waals surface area contributed by atoms with Gasteiger partial charge in [-0.25, -0.2) is 0 Å². The van der Waals surface area contributed by atoms with Gasteiger partial charge in [-0.1, -0.05) is 31.9 Å². The fraction of sp³-hybridized carbons (Fsp3) is 0.750. The summed E-state index contributed by atoms with van der Waals surface area (Å²) in [6.07, 6.45) is 7.84. The van der Waals surface area contributed by atoms with E-state index < -0.39 is 23.5 Å². The number of ether oxygens (including phenoxy) is 2. The summed E-state index contributed by atoms with van der Waals surface area (Å²) in [5.41, 5.74) is -0.586. The summed E-state index contributed by atoms with van der Waals surface area (Å²) < 4.78 is 10.7. The van der Waals surface area contributed by atoms with Crippen LogP contribution in [0.1, 0.15) is 72.6 Å². The van der Waals surface area contributed by atoms with Crippen molar-refractivity contribution in [3.63, 3.8) is 0 Å². The number of carbonyl (C=O) groups is 3. The van der Waals surface area contributed by atoms with Crippen molar-refractivity contribution < 1.29 is 23.9 Å². The van der Waals surface area contributed by atoms with Crippen LogP contribution in [0.3, 0.4) is 0 Å². The highest BCUT2D eigenvalue weighted by molar-refractivity contribution is 5.80. The van der Waals surface area contributed by atoms with Crippen LogP contribution >= 0.6 is 0 Å². The molecule has 0 aromatic rings. The molecule has 1 aliphatic rings. The van der Waals surface area contributed by atoms with E-state index in [0.717, 1.165) is 19.3 Å². The largest absolute Gasteiger partial charge is 0.463 e. The van der Waals surface area contributed by atoms with Gasteiger partial charge in [-0.3, -0.25) is 14.4 Å². The molecule has 0 aromatic heterocycles. The second kappa shape index (κ2) is 11.0. The molecule has 0 saturated heterocycles. The maximum atomic E-state index is 12.5. The molecule has 0 aromatic carbocycles. The van der Waals surface area contributed by atoms with Crippen LogP contribution in [0.2, 0.25) is 0 Å². The molecule has 0 fully saturated rings. The molecule has 0 spiro atoms. The highest BCUT2D eigenvalue weighted by Crippen LogP contribution is 2.18. The Hall–Kier alpha value is -1.85. The zero-order valence-corrected chi connectivity index (χ0v) is 16.5. The Morgan fingerprint density at radius 1 is 1.31 bits per heavy atom. The number of allylic oxidation sites excluding steroid dienone is 2. The van der Waals surface area contributed by atoms with E-state index in [2.05, 4.69) is 12.2 Å². The number of nitrogens with one attached hydrogen (secondary N) is 1. The minimum atomic E-state index is -0.586. The van der Waals surface area contributed by atoms with Crippen LogP contribution in [0.25, 0.3) is 0 Å². The lowest BCUT2D eigenvalue weighted by atomic mass is 10.0. The molecule has 1 rings (SSSR count). The van der Waals surface area contributed by atoms with E-state index in [4.69, 9.17) is 9.47 Å². The van der Waals surface area contributed by atoms with Crippen LogP contribution < -0.4 is 5.32 Å². The number of cyclic esters (lactones) is 1. The topological polar surface area (TPSA) is 81.7 Å². The summed E-state index contributed by atoms with van der Waals surface area (Å²) in [6.45, 7) is 7.60. The number of hydrogen-bond donors (Lipinski definition) is 1. The number of carbonyl (C=O) groups excluding carboxylic acids is 3. The average Bonchev–Trinajstić information content (AvgIpc) is 2.52. The number of unbranched alkanes of at least 4 members (excludes halogenated alkanes) is 1. The number of hydrogen-bond acceptors (Lipinski definition) is 5. The average molecular weight is 367 g/mol. The third-order valence-electron chi connectivity index (χ3n) is 3.99. The fourth-order valence-electron chi connectivity index (χ4n) is 2.69. The van der Waals surface area contributed by atoms with E-state index in [-0.39, 0.29) is 25.0 Å². The molecule has 0 radical (unpaired) electrons. The van der Waals surface area contributed by atoms with Crippen molar-refractivity contribution in [3.05, 3.63) is 12.2 Å². The van der Waals surface area contributed by atoms with E-state index in [9.17, 15) is 14.4 Å². The Bertz CT molecular complexity index is 507. The van der Waals surface area contributed by atoms with Crippen LogP contribution in [-0.4, -0.2) is 36.1 Å². The molecular formula is C20H33NO5. The third-order valence-corrected chi connectivity index (χ3v) is 3.99. The Kier molecular flexibility index (Phi) is 9.38. The van der Waals surface area contributed by atoms with E-state index >= 15 is 0 Å². The first kappa shape index (κ1) is 22.2. The van der Waals surface area contributed by atoms with Gasteiger partial charge in [0.1, 0.15) is 12.2 Å². The van der Waals surface area contributed by atoms with Gasteiger partial charge in [0.25, 0.3) is 0 Å².